The van der Waals surface area contributed by atoms with Crippen molar-refractivity contribution in [2.24, 2.45) is 0 Å². The van der Waals surface area contributed by atoms with Crippen LogP contribution in [0.4, 0.5) is 5.69 Å². The van der Waals surface area contributed by atoms with Crippen molar-refractivity contribution >= 4 is 17.5 Å². The lowest BCUT2D eigenvalue weighted by Crippen LogP contribution is -2.41. The SMILES string of the molecule is CCCC(=O)Nc1ccc(C(=O)N(CC)C2CCCCC2)cc1. The molecular formula is C19H28N2O2. The van der Waals surface area contributed by atoms with Crippen molar-refractivity contribution in [1.82, 2.24) is 4.90 Å². The van der Waals surface area contributed by atoms with Crippen molar-refractivity contribution in [3.05, 3.63) is 29.8 Å². The van der Waals surface area contributed by atoms with Gasteiger partial charge in [-0.3, -0.25) is 9.59 Å². The van der Waals surface area contributed by atoms with Gasteiger partial charge in [0, 0.05) is 30.3 Å². The van der Waals surface area contributed by atoms with Crippen LogP contribution in [0.1, 0.15) is 69.2 Å². The highest BCUT2D eigenvalue weighted by Crippen LogP contribution is 2.24. The zero-order valence-electron chi connectivity index (χ0n) is 14.3. The number of rotatable bonds is 6. The van der Waals surface area contributed by atoms with Crippen LogP contribution in [0.3, 0.4) is 0 Å². The van der Waals surface area contributed by atoms with Crippen molar-refractivity contribution in [1.29, 1.82) is 0 Å². The molecule has 1 saturated carbocycles. The van der Waals surface area contributed by atoms with Gasteiger partial charge in [-0.25, -0.2) is 0 Å². The van der Waals surface area contributed by atoms with Crippen molar-refractivity contribution in [2.45, 2.75) is 64.8 Å². The summed E-state index contributed by atoms with van der Waals surface area (Å²) in [5, 5.41) is 2.85. The smallest absolute Gasteiger partial charge is 0.254 e. The normalized spacial score (nSPS) is 15.2. The minimum absolute atomic E-state index is 0.0176. The average molecular weight is 316 g/mol. The van der Waals surface area contributed by atoms with Crippen LogP contribution in [0.5, 0.6) is 0 Å². The van der Waals surface area contributed by atoms with Crippen molar-refractivity contribution in [3.8, 4) is 0 Å². The van der Waals surface area contributed by atoms with Crippen LogP contribution in [0.2, 0.25) is 0 Å². The second-order valence-corrected chi connectivity index (χ2v) is 6.26. The number of hydrogen-bond donors (Lipinski definition) is 1. The van der Waals surface area contributed by atoms with Crippen LogP contribution in [-0.2, 0) is 4.79 Å². The largest absolute Gasteiger partial charge is 0.336 e. The van der Waals surface area contributed by atoms with Gasteiger partial charge in [-0.05, 0) is 50.5 Å². The minimum atomic E-state index is 0.0176. The van der Waals surface area contributed by atoms with E-state index in [1.807, 2.05) is 43.0 Å². The van der Waals surface area contributed by atoms with E-state index in [1.54, 1.807) is 0 Å². The second kappa shape index (κ2) is 8.70. The predicted molar refractivity (Wildman–Crippen MR) is 93.6 cm³/mol. The molecular weight excluding hydrogens is 288 g/mol. The molecule has 4 nitrogen and oxygen atoms in total. The number of anilines is 1. The van der Waals surface area contributed by atoms with Crippen LogP contribution >= 0.6 is 0 Å². The summed E-state index contributed by atoms with van der Waals surface area (Å²) in [4.78, 5) is 26.4. The molecule has 23 heavy (non-hydrogen) atoms. The van der Waals surface area contributed by atoms with Gasteiger partial charge < -0.3 is 10.2 Å². The fourth-order valence-electron chi connectivity index (χ4n) is 3.27. The molecule has 1 N–H and O–H groups in total. The Balaban J connectivity index is 2.01. The molecule has 0 bridgehead atoms. The van der Waals surface area contributed by atoms with Gasteiger partial charge in [-0.1, -0.05) is 26.2 Å². The van der Waals surface area contributed by atoms with Gasteiger partial charge in [-0.15, -0.1) is 0 Å². The summed E-state index contributed by atoms with van der Waals surface area (Å²) in [6.07, 6.45) is 7.30. The number of carbonyl (C=O) groups is 2. The van der Waals surface area contributed by atoms with E-state index < -0.39 is 0 Å². The first-order valence-corrected chi connectivity index (χ1v) is 8.86. The topological polar surface area (TPSA) is 49.4 Å². The average Bonchev–Trinajstić information content (AvgIpc) is 2.57. The number of nitrogens with one attached hydrogen (secondary N) is 1. The van der Waals surface area contributed by atoms with Gasteiger partial charge in [0.15, 0.2) is 0 Å². The highest BCUT2D eigenvalue weighted by Gasteiger charge is 2.24. The second-order valence-electron chi connectivity index (χ2n) is 6.26. The molecule has 0 radical (unpaired) electrons. The van der Waals surface area contributed by atoms with Gasteiger partial charge >= 0.3 is 0 Å². The first kappa shape index (κ1) is 17.5. The molecule has 2 rings (SSSR count). The minimum Gasteiger partial charge on any atom is -0.336 e. The van der Waals surface area contributed by atoms with Gasteiger partial charge in [0.25, 0.3) is 5.91 Å². The molecule has 1 fully saturated rings. The molecule has 0 atom stereocenters. The molecule has 0 saturated heterocycles. The summed E-state index contributed by atoms with van der Waals surface area (Å²) in [6.45, 7) is 4.77. The first-order chi connectivity index (χ1) is 11.2. The van der Waals surface area contributed by atoms with E-state index in [0.717, 1.165) is 31.5 Å². The summed E-state index contributed by atoms with van der Waals surface area (Å²) in [7, 11) is 0. The summed E-state index contributed by atoms with van der Waals surface area (Å²) in [5.41, 5.74) is 1.45. The van der Waals surface area contributed by atoms with E-state index in [4.69, 9.17) is 0 Å². The molecule has 4 heteroatoms. The van der Waals surface area contributed by atoms with E-state index in [2.05, 4.69) is 5.32 Å². The Bertz CT molecular complexity index is 519. The van der Waals surface area contributed by atoms with Crippen LogP contribution in [0.25, 0.3) is 0 Å². The van der Waals surface area contributed by atoms with Crippen LogP contribution in [-0.4, -0.2) is 29.3 Å². The lowest BCUT2D eigenvalue weighted by atomic mass is 9.93. The zero-order valence-corrected chi connectivity index (χ0v) is 14.3. The van der Waals surface area contributed by atoms with E-state index in [1.165, 1.54) is 19.3 Å². The maximum atomic E-state index is 12.7. The Kier molecular flexibility index (Phi) is 6.63. The van der Waals surface area contributed by atoms with Gasteiger partial charge in [0.1, 0.15) is 0 Å². The van der Waals surface area contributed by atoms with Crippen molar-refractivity contribution < 1.29 is 9.59 Å². The fraction of sp³-hybridized carbons (Fsp3) is 0.579. The zero-order chi connectivity index (χ0) is 16.7. The number of benzene rings is 1. The van der Waals surface area contributed by atoms with E-state index in [9.17, 15) is 9.59 Å². The monoisotopic (exact) mass is 316 g/mol. The van der Waals surface area contributed by atoms with E-state index in [-0.39, 0.29) is 11.8 Å². The lowest BCUT2D eigenvalue weighted by Gasteiger charge is -2.33. The maximum absolute atomic E-state index is 12.7. The molecule has 2 amide bonds. The molecule has 126 valence electrons. The van der Waals surface area contributed by atoms with Crippen LogP contribution in [0, 0.1) is 0 Å². The third-order valence-electron chi connectivity index (χ3n) is 4.51. The Hall–Kier alpha value is -1.84. The third kappa shape index (κ3) is 4.81. The van der Waals surface area contributed by atoms with Gasteiger partial charge in [0.2, 0.25) is 5.91 Å². The third-order valence-corrected chi connectivity index (χ3v) is 4.51. The maximum Gasteiger partial charge on any atom is 0.254 e. The van der Waals surface area contributed by atoms with Gasteiger partial charge in [-0.2, -0.15) is 0 Å². The summed E-state index contributed by atoms with van der Waals surface area (Å²) in [5.74, 6) is 0.120. The molecule has 1 aromatic carbocycles. The Labute approximate surface area is 139 Å². The first-order valence-electron chi connectivity index (χ1n) is 8.86. The molecule has 0 aliphatic heterocycles. The molecule has 1 aromatic rings. The molecule has 0 heterocycles. The summed E-state index contributed by atoms with van der Waals surface area (Å²) < 4.78 is 0. The van der Waals surface area contributed by atoms with E-state index in [0.29, 0.717) is 18.0 Å². The summed E-state index contributed by atoms with van der Waals surface area (Å²) in [6, 6.07) is 7.64. The Morgan fingerprint density at radius 2 is 1.74 bits per heavy atom. The molecule has 0 spiro atoms. The molecule has 1 aliphatic carbocycles. The van der Waals surface area contributed by atoms with Crippen LogP contribution < -0.4 is 5.32 Å². The highest BCUT2D eigenvalue weighted by atomic mass is 16.2. The van der Waals surface area contributed by atoms with Crippen molar-refractivity contribution in [2.75, 3.05) is 11.9 Å². The van der Waals surface area contributed by atoms with Crippen LogP contribution in [0.15, 0.2) is 24.3 Å². The standard InChI is InChI=1S/C19H28N2O2/c1-3-8-18(22)20-16-13-11-15(12-14-16)19(23)21(4-2)17-9-6-5-7-10-17/h11-14,17H,3-10H2,1-2H3,(H,20,22). The Morgan fingerprint density at radius 1 is 1.09 bits per heavy atom. The number of carbonyl (C=O) groups excluding carboxylic acids is 2. The lowest BCUT2D eigenvalue weighted by molar-refractivity contribution is -0.116. The van der Waals surface area contributed by atoms with Crippen molar-refractivity contribution in [3.63, 3.8) is 0 Å². The Morgan fingerprint density at radius 3 is 2.30 bits per heavy atom. The predicted octanol–water partition coefficient (Wildman–Crippen LogP) is 4.22. The van der Waals surface area contributed by atoms with E-state index >= 15 is 0 Å². The number of nitrogens with zero attached hydrogens (tertiary/aromatic N) is 1. The quantitative estimate of drug-likeness (QED) is 0.854. The fourth-order valence-corrected chi connectivity index (χ4v) is 3.27. The number of amides is 2. The molecule has 1 aliphatic rings. The summed E-state index contributed by atoms with van der Waals surface area (Å²) >= 11 is 0. The van der Waals surface area contributed by atoms with Gasteiger partial charge in [0.05, 0.1) is 0 Å². The number of hydrogen-bond acceptors (Lipinski definition) is 2. The molecule has 0 aromatic heterocycles. The highest BCUT2D eigenvalue weighted by molar-refractivity contribution is 5.96. The molecule has 0 unspecified atom stereocenters.